The lowest BCUT2D eigenvalue weighted by Crippen LogP contribution is -2.63. The van der Waals surface area contributed by atoms with Crippen molar-refractivity contribution in [2.24, 2.45) is 0 Å². The molecule has 2 aromatic rings. The Balaban J connectivity index is 1.44. The first-order valence-corrected chi connectivity index (χ1v) is 11.9. The second-order valence-electron chi connectivity index (χ2n) is 8.82. The van der Waals surface area contributed by atoms with Crippen LogP contribution < -0.4 is 4.90 Å². The first-order chi connectivity index (χ1) is 16.5. The molecule has 2 aliphatic rings. The standard InChI is InChI=1S/C25H33ClN2O6/c1-32-25-24(31)23(30)22(29)21(34-25)14-28-12-11-27(19-9-7-18(26)8-10-19)13-20(28)16-33-15-17-5-3-2-4-6-17/h2-10,20-25,29-31H,11-16H2,1H3/t20-,21-,22+,23+,24-,25?/m1/s1. The van der Waals surface area contributed by atoms with Gasteiger partial charge in [-0.1, -0.05) is 41.9 Å². The topological polar surface area (TPSA) is 94.9 Å². The van der Waals surface area contributed by atoms with Crippen LogP contribution in [0.5, 0.6) is 0 Å². The van der Waals surface area contributed by atoms with Crippen molar-refractivity contribution >= 4 is 17.3 Å². The summed E-state index contributed by atoms with van der Waals surface area (Å²) in [7, 11) is 1.40. The summed E-state index contributed by atoms with van der Waals surface area (Å²) in [5.74, 6) is 0. The molecule has 2 aromatic carbocycles. The van der Waals surface area contributed by atoms with E-state index in [9.17, 15) is 15.3 Å². The fourth-order valence-corrected chi connectivity index (χ4v) is 4.68. The van der Waals surface area contributed by atoms with Gasteiger partial charge in [0, 0.05) is 44.0 Å². The summed E-state index contributed by atoms with van der Waals surface area (Å²) in [6.07, 6.45) is -5.56. The van der Waals surface area contributed by atoms with Crippen LogP contribution >= 0.6 is 11.6 Å². The van der Waals surface area contributed by atoms with E-state index in [1.807, 2.05) is 54.6 Å². The van der Waals surface area contributed by atoms with Gasteiger partial charge in [0.1, 0.15) is 24.4 Å². The van der Waals surface area contributed by atoms with Gasteiger partial charge in [0.15, 0.2) is 6.29 Å². The van der Waals surface area contributed by atoms with E-state index in [0.717, 1.165) is 24.3 Å². The van der Waals surface area contributed by atoms with Crippen molar-refractivity contribution in [1.82, 2.24) is 4.90 Å². The summed E-state index contributed by atoms with van der Waals surface area (Å²) in [5, 5.41) is 31.6. The average molecular weight is 493 g/mol. The first kappa shape index (κ1) is 25.3. The van der Waals surface area contributed by atoms with Crippen LogP contribution in [0.4, 0.5) is 5.69 Å². The Morgan fingerprint density at radius 1 is 0.971 bits per heavy atom. The van der Waals surface area contributed by atoms with Gasteiger partial charge in [-0.15, -0.1) is 0 Å². The highest BCUT2D eigenvalue weighted by Gasteiger charge is 2.45. The molecule has 2 aliphatic heterocycles. The Kier molecular flexibility index (Phi) is 8.79. The molecule has 2 fully saturated rings. The largest absolute Gasteiger partial charge is 0.388 e. The molecule has 0 aliphatic carbocycles. The van der Waals surface area contributed by atoms with Crippen LogP contribution in [0.2, 0.25) is 5.02 Å². The molecule has 0 aromatic heterocycles. The average Bonchev–Trinajstić information content (AvgIpc) is 2.86. The summed E-state index contributed by atoms with van der Waals surface area (Å²) < 4.78 is 17.0. The minimum atomic E-state index is -1.34. The second kappa shape index (κ2) is 11.8. The molecule has 0 bridgehead atoms. The zero-order valence-corrected chi connectivity index (χ0v) is 20.0. The first-order valence-electron chi connectivity index (χ1n) is 11.5. The van der Waals surface area contributed by atoms with E-state index in [1.54, 1.807) is 0 Å². The lowest BCUT2D eigenvalue weighted by atomic mass is 9.97. The number of nitrogens with zero attached hydrogens (tertiary/aromatic N) is 2. The number of benzene rings is 2. The molecule has 0 radical (unpaired) electrons. The van der Waals surface area contributed by atoms with Crippen LogP contribution in [0.1, 0.15) is 5.56 Å². The van der Waals surface area contributed by atoms with Gasteiger partial charge in [0.2, 0.25) is 0 Å². The maximum Gasteiger partial charge on any atom is 0.186 e. The van der Waals surface area contributed by atoms with Gasteiger partial charge in [0.05, 0.1) is 19.3 Å². The Labute approximate surface area is 205 Å². The van der Waals surface area contributed by atoms with E-state index in [1.165, 1.54) is 7.11 Å². The maximum absolute atomic E-state index is 10.5. The number of anilines is 1. The molecular weight excluding hydrogens is 460 g/mol. The van der Waals surface area contributed by atoms with Crippen LogP contribution in [0, 0.1) is 0 Å². The molecule has 34 heavy (non-hydrogen) atoms. The van der Waals surface area contributed by atoms with Gasteiger partial charge in [0.25, 0.3) is 0 Å². The van der Waals surface area contributed by atoms with Crippen LogP contribution in [-0.2, 0) is 20.8 Å². The zero-order chi connectivity index (χ0) is 24.1. The van der Waals surface area contributed by atoms with Gasteiger partial charge < -0.3 is 34.4 Å². The molecule has 4 rings (SSSR count). The predicted octanol–water partition coefficient (Wildman–Crippen LogP) is 1.50. The molecule has 9 heteroatoms. The molecule has 6 atom stereocenters. The fourth-order valence-electron chi connectivity index (χ4n) is 4.56. The number of methoxy groups -OCH3 is 1. The summed E-state index contributed by atoms with van der Waals surface area (Å²) in [4.78, 5) is 4.50. The number of aliphatic hydroxyl groups is 3. The molecule has 8 nitrogen and oxygen atoms in total. The number of rotatable bonds is 8. The number of ether oxygens (including phenoxy) is 3. The Morgan fingerprint density at radius 3 is 2.41 bits per heavy atom. The number of halogens is 1. The van der Waals surface area contributed by atoms with Crippen molar-refractivity contribution < 1.29 is 29.5 Å². The summed E-state index contributed by atoms with van der Waals surface area (Å²) in [5.41, 5.74) is 2.19. The quantitative estimate of drug-likeness (QED) is 0.510. The monoisotopic (exact) mass is 492 g/mol. The van der Waals surface area contributed by atoms with Crippen molar-refractivity contribution in [2.75, 3.05) is 44.8 Å². The van der Waals surface area contributed by atoms with E-state index >= 15 is 0 Å². The molecule has 2 saturated heterocycles. The minimum absolute atomic E-state index is 0.0222. The Bertz CT molecular complexity index is 887. The van der Waals surface area contributed by atoms with Gasteiger partial charge in [-0.25, -0.2) is 0 Å². The lowest BCUT2D eigenvalue weighted by molar-refractivity contribution is -0.292. The van der Waals surface area contributed by atoms with Crippen molar-refractivity contribution in [2.45, 2.75) is 43.4 Å². The summed E-state index contributed by atoms with van der Waals surface area (Å²) >= 11 is 6.06. The third-order valence-corrected chi connectivity index (χ3v) is 6.79. The van der Waals surface area contributed by atoms with Gasteiger partial charge in [-0.05, 0) is 29.8 Å². The van der Waals surface area contributed by atoms with Crippen LogP contribution in [-0.4, -0.2) is 96.9 Å². The molecule has 0 amide bonds. The Morgan fingerprint density at radius 2 is 1.71 bits per heavy atom. The van der Waals surface area contributed by atoms with E-state index < -0.39 is 30.7 Å². The SMILES string of the molecule is COC1O[C@H](CN2CCN(c3ccc(Cl)cc3)C[C@@H]2COCc2ccccc2)[C@H](O)[C@H](O)[C@H]1O. The summed E-state index contributed by atoms with van der Waals surface area (Å²) in [6, 6.07) is 17.8. The third-order valence-electron chi connectivity index (χ3n) is 6.53. The van der Waals surface area contributed by atoms with E-state index in [2.05, 4.69) is 9.80 Å². The van der Waals surface area contributed by atoms with Gasteiger partial charge >= 0.3 is 0 Å². The van der Waals surface area contributed by atoms with Gasteiger partial charge in [-0.3, -0.25) is 4.90 Å². The molecule has 1 unspecified atom stereocenters. The Hall–Kier alpha value is -1.75. The van der Waals surface area contributed by atoms with E-state index in [-0.39, 0.29) is 6.04 Å². The highest BCUT2D eigenvalue weighted by atomic mass is 35.5. The highest BCUT2D eigenvalue weighted by Crippen LogP contribution is 2.26. The maximum atomic E-state index is 10.5. The van der Waals surface area contributed by atoms with Crippen molar-refractivity contribution in [3.05, 3.63) is 65.2 Å². The molecule has 2 heterocycles. The number of aliphatic hydroxyl groups excluding tert-OH is 3. The molecule has 0 spiro atoms. The highest BCUT2D eigenvalue weighted by molar-refractivity contribution is 6.30. The van der Waals surface area contributed by atoms with Crippen LogP contribution in [0.15, 0.2) is 54.6 Å². The van der Waals surface area contributed by atoms with Gasteiger partial charge in [-0.2, -0.15) is 0 Å². The number of piperazine rings is 1. The predicted molar refractivity (Wildman–Crippen MR) is 129 cm³/mol. The molecular formula is C25H33ClN2O6. The van der Waals surface area contributed by atoms with Crippen LogP contribution in [0.3, 0.4) is 0 Å². The van der Waals surface area contributed by atoms with Crippen LogP contribution in [0.25, 0.3) is 0 Å². The second-order valence-corrected chi connectivity index (χ2v) is 9.26. The number of hydrogen-bond donors (Lipinski definition) is 3. The molecule has 0 saturated carbocycles. The summed E-state index contributed by atoms with van der Waals surface area (Å²) in [6.45, 7) is 3.58. The van der Waals surface area contributed by atoms with Crippen molar-refractivity contribution in [3.8, 4) is 0 Å². The van der Waals surface area contributed by atoms with Crippen molar-refractivity contribution in [1.29, 1.82) is 0 Å². The minimum Gasteiger partial charge on any atom is -0.388 e. The molecule has 3 N–H and O–H groups in total. The zero-order valence-electron chi connectivity index (χ0n) is 19.2. The van der Waals surface area contributed by atoms with Crippen molar-refractivity contribution in [3.63, 3.8) is 0 Å². The third kappa shape index (κ3) is 6.08. The lowest BCUT2D eigenvalue weighted by Gasteiger charge is -2.46. The molecule has 186 valence electrons. The fraction of sp³-hybridized carbons (Fsp3) is 0.520. The normalized spacial score (nSPS) is 30.4. The van der Waals surface area contributed by atoms with E-state index in [0.29, 0.717) is 31.3 Å². The smallest absolute Gasteiger partial charge is 0.186 e. The number of hydrogen-bond acceptors (Lipinski definition) is 8. The van der Waals surface area contributed by atoms with E-state index in [4.69, 9.17) is 25.8 Å².